The molecular formula is C15H22N2O2. The molecule has 0 spiro atoms. The van der Waals surface area contributed by atoms with Crippen molar-refractivity contribution in [1.82, 2.24) is 0 Å². The molecule has 0 radical (unpaired) electrons. The minimum atomic E-state index is -0.381. The summed E-state index contributed by atoms with van der Waals surface area (Å²) in [6, 6.07) is 8.94. The Hall–Kier alpha value is -1.86. The number of hydrogen-bond donors (Lipinski definition) is 1. The van der Waals surface area contributed by atoms with Gasteiger partial charge in [0.1, 0.15) is 0 Å². The van der Waals surface area contributed by atoms with Crippen molar-refractivity contribution < 1.29 is 9.53 Å². The molecule has 0 amide bonds. The molecule has 2 atom stereocenters. The molecule has 0 aliphatic carbocycles. The number of nitrogens with two attached hydrogens (primary N) is 1. The van der Waals surface area contributed by atoms with Gasteiger partial charge in [-0.3, -0.25) is 4.79 Å². The zero-order valence-corrected chi connectivity index (χ0v) is 12.0. The van der Waals surface area contributed by atoms with Crippen LogP contribution in [0.4, 0.5) is 0 Å². The molecule has 0 fully saturated rings. The zero-order chi connectivity index (χ0) is 14.8. The van der Waals surface area contributed by atoms with Crippen LogP contribution in [0.15, 0.2) is 24.3 Å². The first-order chi connectivity index (χ1) is 9.08. The summed E-state index contributed by atoms with van der Waals surface area (Å²) in [6.45, 7) is 5.77. The molecule has 0 saturated carbocycles. The van der Waals surface area contributed by atoms with Crippen molar-refractivity contribution in [3.8, 4) is 6.07 Å². The van der Waals surface area contributed by atoms with Crippen molar-refractivity contribution in [3.05, 3.63) is 35.4 Å². The first kappa shape index (κ1) is 17.1. The molecule has 4 nitrogen and oxygen atoms in total. The first-order valence-electron chi connectivity index (χ1n) is 6.41. The minimum absolute atomic E-state index is 0.284. The van der Waals surface area contributed by atoms with E-state index < -0.39 is 0 Å². The van der Waals surface area contributed by atoms with Gasteiger partial charge in [0, 0.05) is 6.04 Å². The fourth-order valence-corrected chi connectivity index (χ4v) is 1.66. The summed E-state index contributed by atoms with van der Waals surface area (Å²) in [5.41, 5.74) is 7.26. The van der Waals surface area contributed by atoms with Crippen molar-refractivity contribution in [2.45, 2.75) is 33.2 Å². The molecule has 2 N–H and O–H groups in total. The molecule has 104 valence electrons. The lowest BCUT2D eigenvalue weighted by Gasteiger charge is -2.18. The predicted octanol–water partition coefficient (Wildman–Crippen LogP) is 2.26. The van der Waals surface area contributed by atoms with E-state index in [-0.39, 0.29) is 17.9 Å². The lowest BCUT2D eigenvalue weighted by molar-refractivity contribution is -0.146. The number of rotatable bonds is 4. The summed E-state index contributed by atoms with van der Waals surface area (Å²) in [7, 11) is 1.35. The Morgan fingerprint density at radius 3 is 2.58 bits per heavy atom. The predicted molar refractivity (Wildman–Crippen MR) is 75.4 cm³/mol. The molecule has 1 aromatic rings. The Morgan fingerprint density at radius 1 is 1.47 bits per heavy atom. The number of nitrogens with zero attached hydrogens (tertiary/aromatic N) is 1. The number of methoxy groups -OCH3 is 1. The number of carbonyl (C=O) groups is 1. The van der Waals surface area contributed by atoms with Gasteiger partial charge in [-0.25, -0.2) is 0 Å². The Balaban J connectivity index is 0.00000154. The van der Waals surface area contributed by atoms with Crippen LogP contribution in [-0.4, -0.2) is 19.1 Å². The fourth-order valence-electron chi connectivity index (χ4n) is 1.66. The SMILES string of the molecule is CC.COC(=O)[C@H](Cc1cccc(C#N)c1)C(C)N. The number of carbonyl (C=O) groups excluding carboxylic acids is 1. The summed E-state index contributed by atoms with van der Waals surface area (Å²) in [6.07, 6.45) is 0.486. The molecule has 0 heterocycles. The second kappa shape index (κ2) is 9.12. The molecule has 4 heteroatoms. The Labute approximate surface area is 115 Å². The minimum Gasteiger partial charge on any atom is -0.469 e. The van der Waals surface area contributed by atoms with Crippen LogP contribution in [0.1, 0.15) is 31.9 Å². The maximum atomic E-state index is 11.5. The summed E-state index contributed by atoms with van der Waals surface area (Å²) in [5.74, 6) is -0.698. The van der Waals surface area contributed by atoms with E-state index in [1.54, 1.807) is 25.1 Å². The number of benzene rings is 1. The second-order valence-electron chi connectivity index (χ2n) is 4.01. The van der Waals surface area contributed by atoms with Crippen molar-refractivity contribution >= 4 is 5.97 Å². The van der Waals surface area contributed by atoms with Crippen LogP contribution in [0.3, 0.4) is 0 Å². The van der Waals surface area contributed by atoms with Gasteiger partial charge in [-0.15, -0.1) is 0 Å². The van der Waals surface area contributed by atoms with Crippen molar-refractivity contribution in [2.75, 3.05) is 7.11 Å². The van der Waals surface area contributed by atoms with Gasteiger partial charge in [0.05, 0.1) is 24.7 Å². The van der Waals surface area contributed by atoms with Crippen molar-refractivity contribution in [1.29, 1.82) is 5.26 Å². The molecule has 0 aliphatic heterocycles. The molecular weight excluding hydrogens is 240 g/mol. The van der Waals surface area contributed by atoms with E-state index in [4.69, 9.17) is 15.7 Å². The second-order valence-corrected chi connectivity index (χ2v) is 4.01. The maximum absolute atomic E-state index is 11.5. The maximum Gasteiger partial charge on any atom is 0.310 e. The molecule has 1 rings (SSSR count). The molecule has 0 aromatic heterocycles. The number of ether oxygens (including phenoxy) is 1. The van der Waals surface area contributed by atoms with Crippen LogP contribution in [0.5, 0.6) is 0 Å². The average Bonchev–Trinajstić information content (AvgIpc) is 2.46. The normalized spacial score (nSPS) is 12.4. The Kier molecular flexibility index (Phi) is 8.23. The smallest absolute Gasteiger partial charge is 0.310 e. The van der Waals surface area contributed by atoms with E-state index in [1.807, 2.05) is 19.9 Å². The highest BCUT2D eigenvalue weighted by atomic mass is 16.5. The lowest BCUT2D eigenvalue weighted by Crippen LogP contribution is -2.35. The third-order valence-corrected chi connectivity index (χ3v) is 2.65. The molecule has 0 bridgehead atoms. The van der Waals surface area contributed by atoms with E-state index in [1.165, 1.54) is 7.11 Å². The Morgan fingerprint density at radius 2 is 2.11 bits per heavy atom. The van der Waals surface area contributed by atoms with Crippen LogP contribution in [0, 0.1) is 17.2 Å². The van der Waals surface area contributed by atoms with Crippen molar-refractivity contribution in [2.24, 2.45) is 11.7 Å². The highest BCUT2D eigenvalue weighted by Crippen LogP contribution is 2.14. The van der Waals surface area contributed by atoms with E-state index >= 15 is 0 Å². The molecule has 1 aromatic carbocycles. The van der Waals surface area contributed by atoms with Gasteiger partial charge in [0.15, 0.2) is 0 Å². The van der Waals surface area contributed by atoms with Crippen LogP contribution in [-0.2, 0) is 16.0 Å². The largest absolute Gasteiger partial charge is 0.469 e. The Bertz CT molecular complexity index is 436. The van der Waals surface area contributed by atoms with Crippen LogP contribution in [0.25, 0.3) is 0 Å². The number of esters is 1. The number of hydrogen-bond acceptors (Lipinski definition) is 4. The van der Waals surface area contributed by atoms with E-state index in [0.717, 1.165) is 5.56 Å². The summed E-state index contributed by atoms with van der Waals surface area (Å²) in [4.78, 5) is 11.5. The van der Waals surface area contributed by atoms with Gasteiger partial charge in [-0.2, -0.15) is 5.26 Å². The van der Waals surface area contributed by atoms with Gasteiger partial charge >= 0.3 is 5.97 Å². The quantitative estimate of drug-likeness (QED) is 0.844. The van der Waals surface area contributed by atoms with Gasteiger partial charge in [-0.05, 0) is 31.0 Å². The lowest BCUT2D eigenvalue weighted by atomic mass is 9.93. The summed E-state index contributed by atoms with van der Waals surface area (Å²) >= 11 is 0. The third-order valence-electron chi connectivity index (χ3n) is 2.65. The number of nitriles is 1. The third kappa shape index (κ3) is 5.54. The van der Waals surface area contributed by atoms with Gasteiger partial charge in [0.2, 0.25) is 0 Å². The van der Waals surface area contributed by atoms with Crippen LogP contribution in [0.2, 0.25) is 0 Å². The molecule has 19 heavy (non-hydrogen) atoms. The fraction of sp³-hybridized carbons (Fsp3) is 0.467. The molecule has 1 unspecified atom stereocenters. The van der Waals surface area contributed by atoms with Crippen LogP contribution < -0.4 is 5.73 Å². The first-order valence-corrected chi connectivity index (χ1v) is 6.41. The van der Waals surface area contributed by atoms with Gasteiger partial charge < -0.3 is 10.5 Å². The standard InChI is InChI=1S/C13H16N2O2.C2H6/c1-9(15)12(13(16)17-2)7-10-4-3-5-11(6-10)8-14;1-2/h3-6,9,12H,7,15H2,1-2H3;1-2H3/t9?,12-;/m1./s1. The van der Waals surface area contributed by atoms with Crippen molar-refractivity contribution in [3.63, 3.8) is 0 Å². The molecule has 0 saturated heterocycles. The van der Waals surface area contributed by atoms with E-state index in [9.17, 15) is 4.79 Å². The topological polar surface area (TPSA) is 76.1 Å². The van der Waals surface area contributed by atoms with Gasteiger partial charge in [0.25, 0.3) is 0 Å². The summed E-state index contributed by atoms with van der Waals surface area (Å²) in [5, 5.41) is 8.79. The zero-order valence-electron chi connectivity index (χ0n) is 12.0. The monoisotopic (exact) mass is 262 g/mol. The summed E-state index contributed by atoms with van der Waals surface area (Å²) < 4.78 is 4.72. The van der Waals surface area contributed by atoms with E-state index in [0.29, 0.717) is 12.0 Å². The highest BCUT2D eigenvalue weighted by molar-refractivity contribution is 5.73. The highest BCUT2D eigenvalue weighted by Gasteiger charge is 2.23. The molecule has 0 aliphatic rings. The van der Waals surface area contributed by atoms with E-state index in [2.05, 4.69) is 6.07 Å². The van der Waals surface area contributed by atoms with Crippen LogP contribution >= 0.6 is 0 Å². The van der Waals surface area contributed by atoms with Gasteiger partial charge in [-0.1, -0.05) is 26.0 Å². The average molecular weight is 262 g/mol.